The van der Waals surface area contributed by atoms with Crippen molar-refractivity contribution in [2.75, 3.05) is 13.2 Å². The Morgan fingerprint density at radius 3 is 0.971 bits per heavy atom. The van der Waals surface area contributed by atoms with Gasteiger partial charge in [-0.05, 0) is 12.8 Å². The maximum Gasteiger partial charge on any atom is 0.306 e. The molecule has 0 aliphatic heterocycles. The highest BCUT2D eigenvalue weighted by Crippen LogP contribution is 2.14. The smallest absolute Gasteiger partial charge is 0.306 e. The van der Waals surface area contributed by atoms with E-state index in [9.17, 15) is 9.59 Å². The van der Waals surface area contributed by atoms with Crippen LogP contribution in [-0.2, 0) is 19.1 Å². The van der Waals surface area contributed by atoms with Crippen LogP contribution in [0.5, 0.6) is 0 Å². The van der Waals surface area contributed by atoms with Crippen LogP contribution in [0.25, 0.3) is 0 Å². The zero-order valence-electron chi connectivity index (χ0n) is 23.0. The normalized spacial score (nSPS) is 11.0. The van der Waals surface area contributed by atoms with Crippen molar-refractivity contribution in [3.63, 3.8) is 0 Å². The number of carbonyl (C=O) groups excluding carboxylic acids is 2. The number of rotatable bonds is 27. The number of hydrogen-bond donors (Lipinski definition) is 0. The van der Waals surface area contributed by atoms with Gasteiger partial charge in [0.25, 0.3) is 0 Å². The van der Waals surface area contributed by atoms with Crippen molar-refractivity contribution >= 4 is 11.9 Å². The van der Waals surface area contributed by atoms with Crippen LogP contribution in [0.2, 0.25) is 0 Å². The van der Waals surface area contributed by atoms with E-state index in [1.165, 1.54) is 116 Å². The first-order valence-electron chi connectivity index (χ1n) is 15.0. The Hall–Kier alpha value is -1.06. The summed E-state index contributed by atoms with van der Waals surface area (Å²) < 4.78 is 10.2. The van der Waals surface area contributed by atoms with Crippen molar-refractivity contribution in [2.24, 2.45) is 0 Å². The quantitative estimate of drug-likeness (QED) is 0.0864. The highest BCUT2D eigenvalue weighted by Gasteiger charge is 2.08. The van der Waals surface area contributed by atoms with Gasteiger partial charge in [-0.25, -0.2) is 0 Å². The van der Waals surface area contributed by atoms with Crippen LogP contribution in [0.4, 0.5) is 0 Å². The molecule has 0 fully saturated rings. The van der Waals surface area contributed by atoms with Crippen molar-refractivity contribution in [3.05, 3.63) is 0 Å². The molecule has 202 valence electrons. The van der Waals surface area contributed by atoms with E-state index in [1.54, 1.807) is 0 Å². The topological polar surface area (TPSA) is 52.6 Å². The van der Waals surface area contributed by atoms with E-state index in [0.29, 0.717) is 13.2 Å². The van der Waals surface area contributed by atoms with E-state index in [1.807, 2.05) is 6.92 Å². The zero-order valence-corrected chi connectivity index (χ0v) is 23.0. The molecule has 0 spiro atoms. The molecule has 34 heavy (non-hydrogen) atoms. The van der Waals surface area contributed by atoms with E-state index in [2.05, 4.69) is 6.92 Å². The Bertz CT molecular complexity index is 436. The molecule has 0 saturated carbocycles. The molecule has 0 aromatic carbocycles. The summed E-state index contributed by atoms with van der Waals surface area (Å²) in [5.41, 5.74) is 0. The Morgan fingerprint density at radius 2 is 0.647 bits per heavy atom. The second-order valence-corrected chi connectivity index (χ2v) is 10.0. The summed E-state index contributed by atoms with van der Waals surface area (Å²) in [5, 5.41) is 0. The van der Waals surface area contributed by atoms with E-state index in [-0.39, 0.29) is 24.8 Å². The molecule has 0 aromatic rings. The lowest BCUT2D eigenvalue weighted by Gasteiger charge is -2.06. The van der Waals surface area contributed by atoms with Crippen molar-refractivity contribution in [1.82, 2.24) is 0 Å². The first kappa shape index (κ1) is 32.9. The fourth-order valence-corrected chi connectivity index (χ4v) is 4.22. The van der Waals surface area contributed by atoms with Crippen molar-refractivity contribution in [3.8, 4) is 0 Å². The Kier molecular flexibility index (Phi) is 27.3. The summed E-state index contributed by atoms with van der Waals surface area (Å²) in [4.78, 5) is 23.1. The fraction of sp³-hybridized carbons (Fsp3) is 0.933. The van der Waals surface area contributed by atoms with Gasteiger partial charge in [0.2, 0.25) is 0 Å². The molecule has 0 N–H and O–H groups in total. The molecule has 0 radical (unpaired) electrons. The minimum atomic E-state index is -0.302. The van der Waals surface area contributed by atoms with Gasteiger partial charge in [-0.2, -0.15) is 0 Å². The highest BCUT2D eigenvalue weighted by atomic mass is 16.5. The van der Waals surface area contributed by atoms with Gasteiger partial charge in [0.1, 0.15) is 0 Å². The molecular formula is C30H58O4. The monoisotopic (exact) mass is 482 g/mol. The first-order chi connectivity index (χ1) is 16.7. The lowest BCUT2D eigenvalue weighted by molar-refractivity contribution is -0.150. The van der Waals surface area contributed by atoms with Crippen LogP contribution in [-0.4, -0.2) is 25.2 Å². The number of hydrogen-bond acceptors (Lipinski definition) is 4. The summed E-state index contributed by atoms with van der Waals surface area (Å²) in [6.45, 7) is 5.26. The van der Waals surface area contributed by atoms with E-state index < -0.39 is 0 Å². The van der Waals surface area contributed by atoms with Gasteiger partial charge in [0.15, 0.2) is 0 Å². The molecule has 0 aliphatic carbocycles. The van der Waals surface area contributed by atoms with Gasteiger partial charge in [0.05, 0.1) is 26.1 Å². The predicted octanol–water partition coefficient (Wildman–Crippen LogP) is 9.47. The van der Waals surface area contributed by atoms with Gasteiger partial charge in [-0.3, -0.25) is 9.59 Å². The maximum atomic E-state index is 11.6. The number of esters is 2. The third-order valence-electron chi connectivity index (χ3n) is 6.56. The average Bonchev–Trinajstić information content (AvgIpc) is 2.84. The van der Waals surface area contributed by atoms with Crippen molar-refractivity contribution < 1.29 is 19.1 Å². The number of ether oxygens (including phenoxy) is 2. The minimum Gasteiger partial charge on any atom is -0.466 e. The highest BCUT2D eigenvalue weighted by molar-refractivity contribution is 5.77. The van der Waals surface area contributed by atoms with Crippen LogP contribution >= 0.6 is 0 Å². The number of carbonyl (C=O) groups is 2. The number of unbranched alkanes of at least 4 members (excludes halogenated alkanes) is 20. The van der Waals surface area contributed by atoms with Crippen LogP contribution < -0.4 is 0 Å². The molecule has 0 saturated heterocycles. The Morgan fingerprint density at radius 1 is 0.382 bits per heavy atom. The van der Waals surface area contributed by atoms with E-state index >= 15 is 0 Å². The van der Waals surface area contributed by atoms with Gasteiger partial charge in [0, 0.05) is 0 Å². The molecule has 0 amide bonds. The summed E-state index contributed by atoms with van der Waals surface area (Å²) in [7, 11) is 0. The predicted molar refractivity (Wildman–Crippen MR) is 144 cm³/mol. The SMILES string of the molecule is CCCCCCCCCCCCCCCCCCCCCCOC(=O)CCC(=O)OCCCC. The van der Waals surface area contributed by atoms with Crippen LogP contribution in [0.3, 0.4) is 0 Å². The second kappa shape index (κ2) is 28.2. The fourth-order valence-electron chi connectivity index (χ4n) is 4.22. The summed E-state index contributed by atoms with van der Waals surface area (Å²) in [6.07, 6.45) is 29.3. The second-order valence-electron chi connectivity index (χ2n) is 10.0. The largest absolute Gasteiger partial charge is 0.466 e. The third kappa shape index (κ3) is 27.2. The Labute approximate surface area is 212 Å². The molecule has 0 aliphatic rings. The molecule has 4 heteroatoms. The Balaban J connectivity index is 3.17. The van der Waals surface area contributed by atoms with Gasteiger partial charge < -0.3 is 9.47 Å². The van der Waals surface area contributed by atoms with E-state index in [4.69, 9.17) is 9.47 Å². The lowest BCUT2D eigenvalue weighted by atomic mass is 10.0. The van der Waals surface area contributed by atoms with Crippen LogP contribution in [0.15, 0.2) is 0 Å². The molecule has 0 bridgehead atoms. The van der Waals surface area contributed by atoms with Gasteiger partial charge in [-0.15, -0.1) is 0 Å². The summed E-state index contributed by atoms with van der Waals surface area (Å²) >= 11 is 0. The average molecular weight is 483 g/mol. The van der Waals surface area contributed by atoms with Crippen molar-refractivity contribution in [2.45, 2.75) is 168 Å². The lowest BCUT2D eigenvalue weighted by Crippen LogP contribution is -2.11. The van der Waals surface area contributed by atoms with Crippen LogP contribution in [0.1, 0.15) is 168 Å². The zero-order chi connectivity index (χ0) is 25.0. The van der Waals surface area contributed by atoms with Gasteiger partial charge >= 0.3 is 11.9 Å². The summed E-state index contributed by atoms with van der Waals surface area (Å²) in [6, 6.07) is 0. The van der Waals surface area contributed by atoms with E-state index in [0.717, 1.165) is 25.7 Å². The standard InChI is InChI=1S/C30H58O4/c1-3-5-7-8-9-10-11-12-13-14-15-16-17-18-19-20-21-22-23-24-28-34-30(32)26-25-29(31)33-27-6-4-2/h3-28H2,1-2H3. The first-order valence-corrected chi connectivity index (χ1v) is 15.0. The molecule has 0 rings (SSSR count). The van der Waals surface area contributed by atoms with Gasteiger partial charge in [-0.1, -0.05) is 142 Å². The molecular weight excluding hydrogens is 424 g/mol. The molecule has 0 aromatic heterocycles. The van der Waals surface area contributed by atoms with Crippen LogP contribution in [0, 0.1) is 0 Å². The summed E-state index contributed by atoms with van der Waals surface area (Å²) in [5.74, 6) is -0.588. The third-order valence-corrected chi connectivity index (χ3v) is 6.56. The molecule has 0 unspecified atom stereocenters. The maximum absolute atomic E-state index is 11.6. The molecule has 0 heterocycles. The molecule has 4 nitrogen and oxygen atoms in total. The van der Waals surface area contributed by atoms with Crippen molar-refractivity contribution in [1.29, 1.82) is 0 Å². The minimum absolute atomic E-state index is 0.127. The molecule has 0 atom stereocenters.